The summed E-state index contributed by atoms with van der Waals surface area (Å²) in [4.78, 5) is 37.2. The Labute approximate surface area is 135 Å². The van der Waals surface area contributed by atoms with E-state index in [1.54, 1.807) is 0 Å². The number of esters is 2. The second-order valence-electron chi connectivity index (χ2n) is 6.29. The van der Waals surface area contributed by atoms with Gasteiger partial charge in [0.25, 0.3) is 0 Å². The summed E-state index contributed by atoms with van der Waals surface area (Å²) in [7, 11) is 2.58. The van der Waals surface area contributed by atoms with E-state index in [-0.39, 0.29) is 17.6 Å². The van der Waals surface area contributed by atoms with Crippen LogP contribution in [-0.2, 0) is 28.6 Å². The van der Waals surface area contributed by atoms with Crippen LogP contribution in [-0.4, -0.2) is 44.1 Å². The molecule has 0 unspecified atom stereocenters. The Morgan fingerprint density at radius 2 is 1.48 bits per heavy atom. The number of rotatable bonds is 4. The van der Waals surface area contributed by atoms with Gasteiger partial charge in [0.15, 0.2) is 5.78 Å². The first kappa shape index (κ1) is 16.2. The Morgan fingerprint density at radius 1 is 0.957 bits per heavy atom. The Morgan fingerprint density at radius 3 is 1.91 bits per heavy atom. The van der Waals surface area contributed by atoms with Crippen LogP contribution in [0.4, 0.5) is 0 Å². The zero-order chi connectivity index (χ0) is 16.9. The smallest absolute Gasteiger partial charge is 0.312 e. The van der Waals surface area contributed by atoms with Gasteiger partial charge >= 0.3 is 11.9 Å². The summed E-state index contributed by atoms with van der Waals surface area (Å²) < 4.78 is 15.7. The number of allylic oxidation sites excluding steroid dienone is 1. The van der Waals surface area contributed by atoms with E-state index in [1.165, 1.54) is 14.2 Å². The van der Waals surface area contributed by atoms with Crippen molar-refractivity contribution in [3.05, 3.63) is 11.1 Å². The molecular formula is C17H22O6. The van der Waals surface area contributed by atoms with Crippen LogP contribution in [0.1, 0.15) is 26.7 Å². The number of carbonyl (C=O) groups is 3. The first-order chi connectivity index (χ1) is 11.0. The van der Waals surface area contributed by atoms with Crippen molar-refractivity contribution in [3.8, 4) is 0 Å². The monoisotopic (exact) mass is 322 g/mol. The molecule has 0 saturated carbocycles. The fraction of sp³-hybridized carbons (Fsp3) is 0.706. The van der Waals surface area contributed by atoms with Crippen LogP contribution in [0.3, 0.4) is 0 Å². The van der Waals surface area contributed by atoms with Gasteiger partial charge in [-0.1, -0.05) is 19.4 Å². The molecule has 6 nitrogen and oxygen atoms in total. The minimum atomic E-state index is -0.767. The molecule has 1 aliphatic carbocycles. The molecule has 0 radical (unpaired) electrons. The van der Waals surface area contributed by atoms with Crippen LogP contribution < -0.4 is 0 Å². The third-order valence-corrected chi connectivity index (χ3v) is 5.58. The maximum Gasteiger partial charge on any atom is 0.312 e. The van der Waals surface area contributed by atoms with Crippen LogP contribution in [0.25, 0.3) is 0 Å². The van der Waals surface area contributed by atoms with Gasteiger partial charge in [-0.3, -0.25) is 14.4 Å². The minimum absolute atomic E-state index is 0.0686. The molecule has 0 spiro atoms. The molecule has 2 aliphatic heterocycles. The van der Waals surface area contributed by atoms with Crippen molar-refractivity contribution in [2.24, 2.45) is 23.7 Å². The van der Waals surface area contributed by atoms with Gasteiger partial charge in [0, 0.05) is 5.92 Å². The molecule has 2 fully saturated rings. The highest BCUT2D eigenvalue weighted by Gasteiger charge is 2.69. The number of fused-ring (bicyclic) bond motifs is 5. The summed E-state index contributed by atoms with van der Waals surface area (Å²) in [6.07, 6.45) is 0.337. The van der Waals surface area contributed by atoms with Crippen LogP contribution >= 0.6 is 0 Å². The SMILES string of the molecule is CCC1=C(CC)[C@@H]2[C@@H]3O[C@@H]([C@@H](C(=O)OC)[C@H]3C(=O)OC)[C@@H]2C1=O. The van der Waals surface area contributed by atoms with Crippen LogP contribution in [0.15, 0.2) is 11.1 Å². The maximum atomic E-state index is 12.8. The second-order valence-corrected chi connectivity index (χ2v) is 6.29. The minimum Gasteiger partial charge on any atom is -0.469 e. The first-order valence-electron chi connectivity index (χ1n) is 8.08. The zero-order valence-corrected chi connectivity index (χ0v) is 13.8. The standard InChI is InChI=1S/C17H22O6/c1-5-7-8(6-2)13(18)10-9(7)14-11(16(19)21-3)12(15(10)23-14)17(20)22-4/h9-12,14-15H,5-6H2,1-4H3/t9-,10-,11+,12-,14-,15+/m0/s1. The van der Waals surface area contributed by atoms with Crippen molar-refractivity contribution in [1.82, 2.24) is 0 Å². The number of ether oxygens (including phenoxy) is 3. The molecule has 3 aliphatic rings. The lowest BCUT2D eigenvalue weighted by Crippen LogP contribution is -2.48. The summed E-state index contributed by atoms with van der Waals surface area (Å²) in [5.74, 6) is -2.87. The number of carbonyl (C=O) groups excluding carboxylic acids is 3. The Bertz CT molecular complexity index is 592. The molecule has 0 aromatic carbocycles. The quantitative estimate of drug-likeness (QED) is 0.726. The fourth-order valence-corrected chi connectivity index (χ4v) is 4.76. The Kier molecular flexibility index (Phi) is 4.04. The highest BCUT2D eigenvalue weighted by molar-refractivity contribution is 6.03. The lowest BCUT2D eigenvalue weighted by Gasteiger charge is -2.32. The van der Waals surface area contributed by atoms with Crippen molar-refractivity contribution < 1.29 is 28.6 Å². The molecule has 6 atom stereocenters. The molecular weight excluding hydrogens is 300 g/mol. The maximum absolute atomic E-state index is 12.8. The lowest BCUT2D eigenvalue weighted by atomic mass is 9.67. The normalized spacial score (nSPS) is 38.0. The first-order valence-corrected chi connectivity index (χ1v) is 8.08. The molecule has 126 valence electrons. The van der Waals surface area contributed by atoms with Crippen molar-refractivity contribution in [2.75, 3.05) is 14.2 Å². The highest BCUT2D eigenvalue weighted by atomic mass is 16.6. The van der Waals surface area contributed by atoms with Crippen LogP contribution in [0.2, 0.25) is 0 Å². The highest BCUT2D eigenvalue weighted by Crippen LogP contribution is 2.58. The zero-order valence-electron chi connectivity index (χ0n) is 13.8. The van der Waals surface area contributed by atoms with E-state index in [4.69, 9.17) is 14.2 Å². The second kappa shape index (κ2) is 5.74. The summed E-state index contributed by atoms with van der Waals surface area (Å²) >= 11 is 0. The summed E-state index contributed by atoms with van der Waals surface area (Å²) in [6.45, 7) is 3.97. The van der Waals surface area contributed by atoms with Crippen LogP contribution in [0.5, 0.6) is 0 Å². The van der Waals surface area contributed by atoms with E-state index in [0.717, 1.165) is 17.6 Å². The van der Waals surface area contributed by atoms with Gasteiger partial charge in [0.05, 0.1) is 44.2 Å². The van der Waals surface area contributed by atoms with Gasteiger partial charge in [-0.05, 0) is 18.4 Å². The average Bonchev–Trinajstić information content (AvgIpc) is 3.20. The number of hydrogen-bond acceptors (Lipinski definition) is 6. The lowest BCUT2D eigenvalue weighted by molar-refractivity contribution is -0.159. The number of methoxy groups -OCH3 is 2. The van der Waals surface area contributed by atoms with Gasteiger partial charge in [0.2, 0.25) is 0 Å². The van der Waals surface area contributed by atoms with E-state index in [9.17, 15) is 14.4 Å². The molecule has 23 heavy (non-hydrogen) atoms. The molecule has 3 rings (SSSR count). The Balaban J connectivity index is 2.04. The summed E-state index contributed by atoms with van der Waals surface area (Å²) in [5, 5.41) is 0. The van der Waals surface area contributed by atoms with Gasteiger partial charge in [-0.25, -0.2) is 0 Å². The van der Waals surface area contributed by atoms with Crippen molar-refractivity contribution in [2.45, 2.75) is 38.9 Å². The van der Waals surface area contributed by atoms with Crippen molar-refractivity contribution in [1.29, 1.82) is 0 Å². The molecule has 6 heteroatoms. The predicted molar refractivity (Wildman–Crippen MR) is 79.3 cm³/mol. The van der Waals surface area contributed by atoms with Gasteiger partial charge < -0.3 is 14.2 Å². The molecule has 2 heterocycles. The van der Waals surface area contributed by atoms with E-state index in [0.29, 0.717) is 6.42 Å². The van der Waals surface area contributed by atoms with E-state index in [1.807, 2.05) is 13.8 Å². The fourth-order valence-electron chi connectivity index (χ4n) is 4.76. The van der Waals surface area contributed by atoms with E-state index < -0.39 is 36.0 Å². The van der Waals surface area contributed by atoms with Gasteiger partial charge in [0.1, 0.15) is 0 Å². The molecule has 2 bridgehead atoms. The van der Waals surface area contributed by atoms with Gasteiger partial charge in [-0.2, -0.15) is 0 Å². The largest absolute Gasteiger partial charge is 0.469 e. The number of hydrogen-bond donors (Lipinski definition) is 0. The summed E-state index contributed by atoms with van der Waals surface area (Å²) in [5.41, 5.74) is 1.92. The molecule has 0 N–H and O–H groups in total. The van der Waals surface area contributed by atoms with E-state index in [2.05, 4.69) is 0 Å². The number of ketones is 1. The van der Waals surface area contributed by atoms with E-state index >= 15 is 0 Å². The molecule has 0 amide bonds. The molecule has 0 aromatic rings. The molecule has 2 saturated heterocycles. The third-order valence-electron chi connectivity index (χ3n) is 5.58. The molecule has 0 aromatic heterocycles. The average molecular weight is 322 g/mol. The Hall–Kier alpha value is -1.69. The van der Waals surface area contributed by atoms with Crippen LogP contribution in [0, 0.1) is 23.7 Å². The topological polar surface area (TPSA) is 78.9 Å². The van der Waals surface area contributed by atoms with Gasteiger partial charge in [-0.15, -0.1) is 0 Å². The predicted octanol–water partition coefficient (Wildman–Crippen LogP) is 1.28. The summed E-state index contributed by atoms with van der Waals surface area (Å²) in [6, 6.07) is 0. The number of Topliss-reactive ketones (excluding diaryl/α,β-unsaturated/α-hetero) is 1. The van der Waals surface area contributed by atoms with Crippen molar-refractivity contribution in [3.63, 3.8) is 0 Å². The van der Waals surface area contributed by atoms with Crippen molar-refractivity contribution >= 4 is 17.7 Å². The third kappa shape index (κ3) is 2.00.